The molecule has 4 nitrogen and oxygen atoms in total. The Morgan fingerprint density at radius 1 is 1.42 bits per heavy atom. The van der Waals surface area contributed by atoms with Gasteiger partial charge in [0.2, 0.25) is 0 Å². The number of aromatic nitrogens is 1. The Kier molecular flexibility index (Phi) is 3.51. The zero-order valence-corrected chi connectivity index (χ0v) is 10.8. The molecule has 1 fully saturated rings. The van der Waals surface area contributed by atoms with Crippen molar-refractivity contribution in [3.05, 3.63) is 36.0 Å². The molecule has 0 spiro atoms. The van der Waals surface area contributed by atoms with E-state index in [1.165, 1.54) is 0 Å². The molecule has 1 atom stereocenters. The maximum atomic E-state index is 12.1. The summed E-state index contributed by atoms with van der Waals surface area (Å²) in [5.41, 5.74) is 1.62. The summed E-state index contributed by atoms with van der Waals surface area (Å²) in [7, 11) is 0. The maximum Gasteiger partial charge on any atom is 0.267 e. The maximum absolute atomic E-state index is 12.1. The van der Waals surface area contributed by atoms with Gasteiger partial charge in [-0.15, -0.1) is 0 Å². The highest BCUT2D eigenvalue weighted by atomic mass is 16.5. The van der Waals surface area contributed by atoms with Gasteiger partial charge in [0, 0.05) is 24.1 Å². The molecule has 19 heavy (non-hydrogen) atoms. The van der Waals surface area contributed by atoms with E-state index in [0.717, 1.165) is 37.0 Å². The molecule has 1 amide bonds. The number of carbonyl (C=O) groups is 1. The van der Waals surface area contributed by atoms with Crippen molar-refractivity contribution >= 4 is 16.8 Å². The minimum Gasteiger partial charge on any atom is -0.381 e. The van der Waals surface area contributed by atoms with Crippen LogP contribution in [0.1, 0.15) is 23.3 Å². The molecule has 1 aromatic carbocycles. The summed E-state index contributed by atoms with van der Waals surface area (Å²) in [6.07, 6.45) is 2.22. The topological polar surface area (TPSA) is 54.1 Å². The van der Waals surface area contributed by atoms with Crippen LogP contribution in [-0.4, -0.2) is 30.6 Å². The van der Waals surface area contributed by atoms with Gasteiger partial charge < -0.3 is 15.0 Å². The van der Waals surface area contributed by atoms with Gasteiger partial charge in [-0.25, -0.2) is 0 Å². The van der Waals surface area contributed by atoms with Crippen LogP contribution in [0.15, 0.2) is 30.3 Å². The third-order valence-corrected chi connectivity index (χ3v) is 3.58. The van der Waals surface area contributed by atoms with Gasteiger partial charge >= 0.3 is 0 Å². The lowest BCUT2D eigenvalue weighted by atomic mass is 10.0. The fourth-order valence-corrected chi connectivity index (χ4v) is 2.50. The number of amides is 1. The molecule has 2 N–H and O–H groups in total. The number of H-pyrrole nitrogens is 1. The molecule has 0 bridgehead atoms. The Labute approximate surface area is 112 Å². The molecule has 1 aliphatic heterocycles. The number of rotatable bonds is 3. The van der Waals surface area contributed by atoms with Crippen LogP contribution in [0.5, 0.6) is 0 Å². The van der Waals surface area contributed by atoms with Crippen molar-refractivity contribution in [2.75, 3.05) is 19.8 Å². The summed E-state index contributed by atoms with van der Waals surface area (Å²) in [5.74, 6) is 0.406. The van der Waals surface area contributed by atoms with Gasteiger partial charge in [-0.1, -0.05) is 18.2 Å². The smallest absolute Gasteiger partial charge is 0.267 e. The second-order valence-corrected chi connectivity index (χ2v) is 5.06. The van der Waals surface area contributed by atoms with E-state index in [9.17, 15) is 4.79 Å². The van der Waals surface area contributed by atoms with E-state index in [1.807, 2.05) is 30.3 Å². The zero-order chi connectivity index (χ0) is 13.1. The third-order valence-electron chi connectivity index (χ3n) is 3.58. The quantitative estimate of drug-likeness (QED) is 0.887. The number of hydrogen-bond donors (Lipinski definition) is 2. The summed E-state index contributed by atoms with van der Waals surface area (Å²) < 4.78 is 5.41. The number of aromatic amines is 1. The largest absolute Gasteiger partial charge is 0.381 e. The number of hydrogen-bond acceptors (Lipinski definition) is 2. The lowest BCUT2D eigenvalue weighted by molar-refractivity contribution is 0.0536. The van der Waals surface area contributed by atoms with Gasteiger partial charge in [0.15, 0.2) is 0 Å². The van der Waals surface area contributed by atoms with Crippen LogP contribution in [0.4, 0.5) is 0 Å². The number of para-hydroxylation sites is 1. The first-order chi connectivity index (χ1) is 9.33. The molecule has 1 aromatic heterocycles. The molecule has 0 saturated carbocycles. The van der Waals surface area contributed by atoms with E-state index >= 15 is 0 Å². The van der Waals surface area contributed by atoms with Crippen LogP contribution in [0, 0.1) is 5.92 Å². The first kappa shape index (κ1) is 12.2. The summed E-state index contributed by atoms with van der Waals surface area (Å²) in [5, 5.41) is 4.04. The van der Waals surface area contributed by atoms with Crippen molar-refractivity contribution in [3.63, 3.8) is 0 Å². The molecule has 1 unspecified atom stereocenters. The summed E-state index contributed by atoms with van der Waals surface area (Å²) in [6.45, 7) is 2.30. The highest BCUT2D eigenvalue weighted by Crippen LogP contribution is 2.15. The average molecular weight is 258 g/mol. The molecule has 2 aromatic rings. The minimum absolute atomic E-state index is 0.0400. The third kappa shape index (κ3) is 2.79. The molecule has 100 valence electrons. The molecule has 2 heterocycles. The van der Waals surface area contributed by atoms with Gasteiger partial charge in [-0.3, -0.25) is 4.79 Å². The Morgan fingerprint density at radius 2 is 2.32 bits per heavy atom. The van der Waals surface area contributed by atoms with Crippen LogP contribution in [0.2, 0.25) is 0 Å². The Hall–Kier alpha value is -1.81. The number of fused-ring (bicyclic) bond motifs is 1. The molecular weight excluding hydrogens is 240 g/mol. The van der Waals surface area contributed by atoms with Crippen molar-refractivity contribution < 1.29 is 9.53 Å². The number of nitrogens with one attached hydrogen (secondary N) is 2. The van der Waals surface area contributed by atoms with Gasteiger partial charge in [-0.2, -0.15) is 0 Å². The molecular formula is C15H18N2O2. The normalized spacial score (nSPS) is 19.5. The predicted molar refractivity (Wildman–Crippen MR) is 74.2 cm³/mol. The Bertz CT molecular complexity index is 537. The van der Waals surface area contributed by atoms with Gasteiger partial charge in [0.25, 0.3) is 5.91 Å². The molecule has 1 saturated heterocycles. The first-order valence-electron chi connectivity index (χ1n) is 6.76. The molecule has 0 radical (unpaired) electrons. The highest BCUT2D eigenvalue weighted by molar-refractivity contribution is 5.97. The SMILES string of the molecule is O=C(NCC1CCCOC1)c1cc2ccccc2[nH]1. The van der Waals surface area contributed by atoms with Crippen LogP contribution < -0.4 is 5.32 Å². The van der Waals surface area contributed by atoms with Crippen molar-refractivity contribution in [1.82, 2.24) is 10.3 Å². The van der Waals surface area contributed by atoms with Crippen LogP contribution in [0.25, 0.3) is 10.9 Å². The van der Waals surface area contributed by atoms with E-state index in [1.54, 1.807) is 0 Å². The number of benzene rings is 1. The van der Waals surface area contributed by atoms with Crippen LogP contribution in [0.3, 0.4) is 0 Å². The monoisotopic (exact) mass is 258 g/mol. The van der Waals surface area contributed by atoms with E-state index in [-0.39, 0.29) is 5.91 Å². The van der Waals surface area contributed by atoms with E-state index < -0.39 is 0 Å². The van der Waals surface area contributed by atoms with Crippen molar-refractivity contribution in [3.8, 4) is 0 Å². The lowest BCUT2D eigenvalue weighted by Gasteiger charge is -2.21. The second kappa shape index (κ2) is 5.45. The molecule has 3 rings (SSSR count). The number of carbonyl (C=O) groups excluding carboxylic acids is 1. The Morgan fingerprint density at radius 3 is 3.11 bits per heavy atom. The summed E-state index contributed by atoms with van der Waals surface area (Å²) >= 11 is 0. The van der Waals surface area contributed by atoms with E-state index in [4.69, 9.17) is 4.74 Å². The van der Waals surface area contributed by atoms with Gasteiger partial charge in [-0.05, 0) is 30.9 Å². The van der Waals surface area contributed by atoms with Gasteiger partial charge in [0.1, 0.15) is 5.69 Å². The lowest BCUT2D eigenvalue weighted by Crippen LogP contribution is -2.33. The molecule has 1 aliphatic rings. The van der Waals surface area contributed by atoms with Crippen LogP contribution in [-0.2, 0) is 4.74 Å². The van der Waals surface area contributed by atoms with Crippen LogP contribution >= 0.6 is 0 Å². The Balaban J connectivity index is 1.63. The predicted octanol–water partition coefficient (Wildman–Crippen LogP) is 2.32. The van der Waals surface area contributed by atoms with Crippen molar-refractivity contribution in [1.29, 1.82) is 0 Å². The van der Waals surface area contributed by atoms with E-state index in [2.05, 4.69) is 10.3 Å². The second-order valence-electron chi connectivity index (χ2n) is 5.06. The standard InChI is InChI=1S/C15H18N2O2/c18-15(16-9-11-4-3-7-19-10-11)14-8-12-5-1-2-6-13(12)17-14/h1-2,5-6,8,11,17H,3-4,7,9-10H2,(H,16,18). The van der Waals surface area contributed by atoms with Gasteiger partial charge in [0.05, 0.1) is 6.61 Å². The fraction of sp³-hybridized carbons (Fsp3) is 0.400. The van der Waals surface area contributed by atoms with E-state index in [0.29, 0.717) is 18.2 Å². The van der Waals surface area contributed by atoms with Crippen molar-refractivity contribution in [2.24, 2.45) is 5.92 Å². The average Bonchev–Trinajstić information content (AvgIpc) is 2.90. The zero-order valence-electron chi connectivity index (χ0n) is 10.8. The summed E-state index contributed by atoms with van der Waals surface area (Å²) in [4.78, 5) is 15.2. The molecule has 0 aliphatic carbocycles. The molecule has 4 heteroatoms. The number of ether oxygens (including phenoxy) is 1. The highest BCUT2D eigenvalue weighted by Gasteiger charge is 2.16. The summed E-state index contributed by atoms with van der Waals surface area (Å²) in [6, 6.07) is 9.79. The minimum atomic E-state index is -0.0400. The van der Waals surface area contributed by atoms with Crippen molar-refractivity contribution in [2.45, 2.75) is 12.8 Å². The fourth-order valence-electron chi connectivity index (χ4n) is 2.50. The first-order valence-corrected chi connectivity index (χ1v) is 6.76.